The van der Waals surface area contributed by atoms with E-state index < -0.39 is 5.91 Å². The van der Waals surface area contributed by atoms with Crippen LogP contribution < -0.4 is 5.73 Å². The highest BCUT2D eigenvalue weighted by Crippen LogP contribution is 1.76. The molecule has 0 bridgehead atoms. The summed E-state index contributed by atoms with van der Waals surface area (Å²) in [4.78, 5) is 19.8. The van der Waals surface area contributed by atoms with Crippen molar-refractivity contribution in [2.45, 2.75) is 40.0 Å². The van der Waals surface area contributed by atoms with Gasteiger partial charge in [-0.1, -0.05) is 26.7 Å². The maximum Gasteiger partial charge on any atom is 0.224 e. The molecule has 0 aromatic heterocycles. The summed E-state index contributed by atoms with van der Waals surface area (Å²) in [5.74, 6) is -0.750. The molecule has 0 unspecified atom stereocenters. The maximum atomic E-state index is 9.95. The molecule has 1 amide bonds. The molecule has 0 aromatic rings. The van der Waals surface area contributed by atoms with Gasteiger partial charge in [-0.2, -0.15) is 0 Å². The van der Waals surface area contributed by atoms with E-state index in [1.807, 2.05) is 0 Å². The van der Waals surface area contributed by atoms with Gasteiger partial charge in [-0.3, -0.25) is 9.59 Å². The Hall–Kier alpha value is -0.860. The summed E-state index contributed by atoms with van der Waals surface area (Å²) in [7, 11) is 0. The Balaban J connectivity index is 0. The van der Waals surface area contributed by atoms with Gasteiger partial charge in [-0.15, -0.1) is 0 Å². The van der Waals surface area contributed by atoms with Gasteiger partial charge in [0.2, 0.25) is 5.91 Å². The standard InChI is InChI=1S/C4H7NO2.C4H10/c1-3(6)2-4(5)7;1-3-4-2/h2H2,1H3,(H2,5,7);3-4H2,1-2H3. The van der Waals surface area contributed by atoms with Gasteiger partial charge in [-0.05, 0) is 6.92 Å². The van der Waals surface area contributed by atoms with Gasteiger partial charge in [0.15, 0.2) is 0 Å². The third kappa shape index (κ3) is 27.2. The van der Waals surface area contributed by atoms with Crippen LogP contribution in [-0.2, 0) is 9.59 Å². The van der Waals surface area contributed by atoms with Gasteiger partial charge in [0.05, 0.1) is 6.42 Å². The summed E-state index contributed by atoms with van der Waals surface area (Å²) >= 11 is 0. The lowest BCUT2D eigenvalue weighted by Gasteiger charge is -1.82. The highest BCUT2D eigenvalue weighted by molar-refractivity contribution is 5.95. The van der Waals surface area contributed by atoms with Crippen LogP contribution in [0.2, 0.25) is 0 Å². The largest absolute Gasteiger partial charge is 0.369 e. The SMILES string of the molecule is CC(=O)CC(N)=O.CCCC. The fourth-order valence-corrected chi connectivity index (χ4v) is 0.245. The van der Waals surface area contributed by atoms with Crippen molar-refractivity contribution in [1.82, 2.24) is 0 Å². The van der Waals surface area contributed by atoms with Crippen molar-refractivity contribution in [3.05, 3.63) is 0 Å². The molecule has 11 heavy (non-hydrogen) atoms. The molecule has 0 spiro atoms. The van der Waals surface area contributed by atoms with E-state index in [2.05, 4.69) is 19.6 Å². The minimum Gasteiger partial charge on any atom is -0.369 e. The number of ketones is 1. The number of carbonyl (C=O) groups is 2. The highest BCUT2D eigenvalue weighted by Gasteiger charge is 1.95. The average molecular weight is 159 g/mol. The molecule has 0 heterocycles. The van der Waals surface area contributed by atoms with E-state index in [1.54, 1.807) is 0 Å². The Morgan fingerprint density at radius 1 is 1.18 bits per heavy atom. The first-order chi connectivity index (χ1) is 5.04. The first-order valence-corrected chi connectivity index (χ1v) is 3.82. The zero-order chi connectivity index (χ0) is 9.28. The lowest BCUT2D eigenvalue weighted by atomic mass is 10.3. The minimum atomic E-state index is -0.562. The molecule has 0 rings (SSSR count). The van der Waals surface area contributed by atoms with E-state index in [9.17, 15) is 9.59 Å². The first kappa shape index (κ1) is 12.8. The molecular weight excluding hydrogens is 142 g/mol. The molecule has 0 saturated carbocycles. The summed E-state index contributed by atoms with van der Waals surface area (Å²) < 4.78 is 0. The summed E-state index contributed by atoms with van der Waals surface area (Å²) in [6.07, 6.45) is 2.50. The maximum absolute atomic E-state index is 9.95. The van der Waals surface area contributed by atoms with Crippen LogP contribution in [0.1, 0.15) is 40.0 Å². The molecule has 3 heteroatoms. The Morgan fingerprint density at radius 3 is 1.55 bits per heavy atom. The van der Waals surface area contributed by atoms with Gasteiger partial charge in [-0.25, -0.2) is 0 Å². The monoisotopic (exact) mass is 159 g/mol. The summed E-state index contributed by atoms with van der Waals surface area (Å²) in [6, 6.07) is 0. The van der Waals surface area contributed by atoms with Crippen molar-refractivity contribution >= 4 is 11.7 Å². The second-order valence-electron chi connectivity index (χ2n) is 2.35. The van der Waals surface area contributed by atoms with Crippen LogP contribution in [0, 0.1) is 0 Å². The number of rotatable bonds is 3. The van der Waals surface area contributed by atoms with Gasteiger partial charge in [0, 0.05) is 0 Å². The van der Waals surface area contributed by atoms with Crippen LogP contribution in [0.3, 0.4) is 0 Å². The predicted molar refractivity (Wildman–Crippen MR) is 45.1 cm³/mol. The zero-order valence-electron chi connectivity index (χ0n) is 7.52. The minimum absolute atomic E-state index is 0.139. The molecule has 66 valence electrons. The number of primary amides is 1. The van der Waals surface area contributed by atoms with Crippen molar-refractivity contribution in [3.8, 4) is 0 Å². The van der Waals surface area contributed by atoms with Crippen molar-refractivity contribution in [2.24, 2.45) is 5.73 Å². The molecule has 0 atom stereocenters. The number of hydrogen-bond donors (Lipinski definition) is 1. The number of unbranched alkanes of at least 4 members (excludes halogenated alkanes) is 1. The van der Waals surface area contributed by atoms with Crippen LogP contribution in [-0.4, -0.2) is 11.7 Å². The van der Waals surface area contributed by atoms with Gasteiger partial charge < -0.3 is 5.73 Å². The number of amides is 1. The highest BCUT2D eigenvalue weighted by atomic mass is 16.2. The lowest BCUT2D eigenvalue weighted by Crippen LogP contribution is -2.13. The van der Waals surface area contributed by atoms with Crippen molar-refractivity contribution in [1.29, 1.82) is 0 Å². The molecule has 0 aliphatic heterocycles. The fourth-order valence-electron chi connectivity index (χ4n) is 0.245. The summed E-state index contributed by atoms with van der Waals surface area (Å²) in [6.45, 7) is 5.69. The fraction of sp³-hybridized carbons (Fsp3) is 0.750. The van der Waals surface area contributed by atoms with Gasteiger partial charge in [0.25, 0.3) is 0 Å². The Morgan fingerprint density at radius 2 is 1.55 bits per heavy atom. The normalized spacial score (nSPS) is 7.91. The molecule has 0 aliphatic rings. The van der Waals surface area contributed by atoms with Crippen LogP contribution in [0.25, 0.3) is 0 Å². The van der Waals surface area contributed by atoms with E-state index in [0.29, 0.717) is 0 Å². The molecule has 0 aromatic carbocycles. The van der Waals surface area contributed by atoms with Crippen LogP contribution in [0.15, 0.2) is 0 Å². The summed E-state index contributed by atoms with van der Waals surface area (Å²) in [5.41, 5.74) is 4.63. The number of hydrogen-bond acceptors (Lipinski definition) is 2. The van der Waals surface area contributed by atoms with Gasteiger partial charge >= 0.3 is 0 Å². The topological polar surface area (TPSA) is 60.2 Å². The molecule has 0 aliphatic carbocycles. The Labute approximate surface area is 68.0 Å². The molecule has 0 fully saturated rings. The number of Topliss-reactive ketones (excluding diaryl/α,β-unsaturated/α-hetero) is 1. The van der Waals surface area contributed by atoms with Crippen molar-refractivity contribution in [2.75, 3.05) is 0 Å². The van der Waals surface area contributed by atoms with Crippen LogP contribution in [0.4, 0.5) is 0 Å². The first-order valence-electron chi connectivity index (χ1n) is 3.82. The van der Waals surface area contributed by atoms with Gasteiger partial charge in [0.1, 0.15) is 5.78 Å². The lowest BCUT2D eigenvalue weighted by molar-refractivity contribution is -0.125. The smallest absolute Gasteiger partial charge is 0.224 e. The van der Waals surface area contributed by atoms with Crippen LogP contribution in [0.5, 0.6) is 0 Å². The van der Waals surface area contributed by atoms with E-state index in [4.69, 9.17) is 0 Å². The predicted octanol–water partition coefficient (Wildman–Crippen LogP) is 1.26. The molecule has 0 radical (unpaired) electrons. The second-order valence-corrected chi connectivity index (χ2v) is 2.35. The third-order valence-electron chi connectivity index (χ3n) is 0.923. The Bertz CT molecular complexity index is 107. The third-order valence-corrected chi connectivity index (χ3v) is 0.923. The van der Waals surface area contributed by atoms with Crippen LogP contribution >= 0.6 is 0 Å². The Kier molecular flexibility index (Phi) is 10.6. The molecular formula is C8H17NO2. The number of nitrogens with two attached hydrogens (primary N) is 1. The molecule has 2 N–H and O–H groups in total. The quantitative estimate of drug-likeness (QED) is 0.630. The van der Waals surface area contributed by atoms with E-state index >= 15 is 0 Å². The summed E-state index contributed by atoms with van der Waals surface area (Å²) in [5, 5.41) is 0. The van der Waals surface area contributed by atoms with E-state index in [0.717, 1.165) is 0 Å². The average Bonchev–Trinajstić information content (AvgIpc) is 1.85. The number of carbonyl (C=O) groups excluding carboxylic acids is 2. The van der Waals surface area contributed by atoms with E-state index in [1.165, 1.54) is 19.8 Å². The molecule has 3 nitrogen and oxygen atoms in total. The van der Waals surface area contributed by atoms with Crippen molar-refractivity contribution in [3.63, 3.8) is 0 Å². The van der Waals surface area contributed by atoms with E-state index in [-0.39, 0.29) is 12.2 Å². The zero-order valence-corrected chi connectivity index (χ0v) is 7.52. The second kappa shape index (κ2) is 9.14. The van der Waals surface area contributed by atoms with Crippen molar-refractivity contribution < 1.29 is 9.59 Å². The molecule has 0 saturated heterocycles.